The Bertz CT molecular complexity index is 522. The van der Waals surface area contributed by atoms with Crippen LogP contribution in [-0.4, -0.2) is 37.9 Å². The molecule has 0 amide bonds. The lowest BCUT2D eigenvalue weighted by molar-refractivity contribution is -0.150. The van der Waals surface area contributed by atoms with Crippen molar-refractivity contribution >= 4 is 32.2 Å². The Morgan fingerprint density at radius 3 is 1.27 bits per heavy atom. The normalized spacial score (nSPS) is 18.3. The van der Waals surface area contributed by atoms with Gasteiger partial charge in [-0.3, -0.25) is 9.11 Å². The third kappa shape index (κ3) is 2.04. The van der Waals surface area contributed by atoms with Crippen LogP contribution in [-0.2, 0) is 34.6 Å². The molecule has 9 nitrogen and oxygen atoms in total. The molecule has 0 aromatic heterocycles. The third-order valence-corrected chi connectivity index (χ3v) is 3.18. The molecule has 0 spiro atoms. The molecule has 1 rings (SSSR count). The average molecular weight is 258 g/mol. The van der Waals surface area contributed by atoms with E-state index in [1.54, 1.807) is 0 Å². The fraction of sp³-hybridized carbons (Fsp3) is 0. The molecule has 0 aromatic carbocycles. The lowest BCUT2D eigenvalue weighted by atomic mass is 10.5. The van der Waals surface area contributed by atoms with Gasteiger partial charge in [-0.2, -0.15) is 16.8 Å². The molecular weight excluding hydrogens is 256 g/mol. The molecule has 0 bridgehead atoms. The first-order chi connectivity index (χ1) is 6.55. The molecule has 0 aromatic rings. The van der Waals surface area contributed by atoms with Gasteiger partial charge in [0.05, 0.1) is 0 Å². The van der Waals surface area contributed by atoms with Crippen LogP contribution in [0.15, 0.2) is 9.81 Å². The zero-order valence-electron chi connectivity index (χ0n) is 6.57. The van der Waals surface area contributed by atoms with E-state index in [1.807, 2.05) is 0 Å². The van der Waals surface area contributed by atoms with Gasteiger partial charge in [-0.1, -0.05) is 0 Å². The van der Waals surface area contributed by atoms with Crippen LogP contribution in [0, 0.1) is 0 Å². The lowest BCUT2D eigenvalue weighted by Gasteiger charge is -1.94. The van der Waals surface area contributed by atoms with E-state index in [0.717, 1.165) is 0 Å². The van der Waals surface area contributed by atoms with Crippen molar-refractivity contribution in [2.75, 3.05) is 0 Å². The molecule has 0 saturated heterocycles. The average Bonchev–Trinajstić information content (AvgIpc) is 2.22. The summed E-state index contributed by atoms with van der Waals surface area (Å²) >= 11 is 0. The highest BCUT2D eigenvalue weighted by molar-refractivity contribution is 7.95. The first-order valence-corrected chi connectivity index (χ1v) is 5.89. The Labute approximate surface area is 82.8 Å². The Kier molecular flexibility index (Phi) is 2.43. The SMILES string of the molecule is O=C1OC(=O)C(S(=O)(=O)O)=C1S(=O)(=O)O. The van der Waals surface area contributed by atoms with Crippen molar-refractivity contribution in [3.63, 3.8) is 0 Å². The molecule has 0 unspecified atom stereocenters. The number of ether oxygens (including phenoxy) is 1. The van der Waals surface area contributed by atoms with Crippen molar-refractivity contribution in [3.8, 4) is 0 Å². The summed E-state index contributed by atoms with van der Waals surface area (Å²) in [5.74, 6) is -3.73. The second-order valence-corrected chi connectivity index (χ2v) is 5.00. The molecule has 0 radical (unpaired) electrons. The molecule has 0 fully saturated rings. The smallest absolute Gasteiger partial charge is 0.361 e. The van der Waals surface area contributed by atoms with Crippen LogP contribution in [0.2, 0.25) is 0 Å². The molecule has 11 heteroatoms. The highest BCUT2D eigenvalue weighted by Crippen LogP contribution is 2.25. The fourth-order valence-corrected chi connectivity index (χ4v) is 2.58. The Morgan fingerprint density at radius 2 is 1.07 bits per heavy atom. The lowest BCUT2D eigenvalue weighted by Crippen LogP contribution is -2.14. The number of carbonyl (C=O) groups excluding carboxylic acids is 2. The van der Waals surface area contributed by atoms with Crippen molar-refractivity contribution in [1.82, 2.24) is 0 Å². The summed E-state index contributed by atoms with van der Waals surface area (Å²) in [6.07, 6.45) is 0. The number of cyclic esters (lactones) is 2. The summed E-state index contributed by atoms with van der Waals surface area (Å²) in [6, 6.07) is 0. The molecule has 1 aliphatic rings. The molecule has 2 N–H and O–H groups in total. The van der Waals surface area contributed by atoms with Crippen molar-refractivity contribution in [1.29, 1.82) is 0 Å². The predicted molar refractivity (Wildman–Crippen MR) is 41.2 cm³/mol. The molecule has 0 aliphatic carbocycles. The minimum atomic E-state index is -5.27. The van der Waals surface area contributed by atoms with Crippen molar-refractivity contribution in [2.45, 2.75) is 0 Å². The van der Waals surface area contributed by atoms with E-state index in [4.69, 9.17) is 9.11 Å². The molecule has 1 heterocycles. The van der Waals surface area contributed by atoms with Crippen LogP contribution in [0.4, 0.5) is 0 Å². The number of hydrogen-bond acceptors (Lipinski definition) is 7. The van der Waals surface area contributed by atoms with E-state index >= 15 is 0 Å². The van der Waals surface area contributed by atoms with E-state index in [0.29, 0.717) is 0 Å². The van der Waals surface area contributed by atoms with Gasteiger partial charge in [0.2, 0.25) is 9.81 Å². The monoisotopic (exact) mass is 258 g/mol. The highest BCUT2D eigenvalue weighted by atomic mass is 32.2. The van der Waals surface area contributed by atoms with Gasteiger partial charge >= 0.3 is 32.2 Å². The zero-order valence-corrected chi connectivity index (χ0v) is 8.20. The van der Waals surface area contributed by atoms with Gasteiger partial charge in [0.15, 0.2) is 0 Å². The minimum Gasteiger partial charge on any atom is -0.384 e. The van der Waals surface area contributed by atoms with Crippen LogP contribution < -0.4 is 0 Å². The van der Waals surface area contributed by atoms with Gasteiger partial charge in [0, 0.05) is 0 Å². The second kappa shape index (κ2) is 3.10. The Hall–Kier alpha value is -1.30. The van der Waals surface area contributed by atoms with E-state index in [1.165, 1.54) is 0 Å². The summed E-state index contributed by atoms with van der Waals surface area (Å²) < 4.78 is 62.5. The van der Waals surface area contributed by atoms with Crippen LogP contribution in [0.25, 0.3) is 0 Å². The topological polar surface area (TPSA) is 152 Å². The highest BCUT2D eigenvalue weighted by Gasteiger charge is 2.46. The third-order valence-electron chi connectivity index (χ3n) is 1.28. The van der Waals surface area contributed by atoms with E-state index in [2.05, 4.69) is 4.74 Å². The first kappa shape index (κ1) is 11.8. The number of hydrogen-bond donors (Lipinski definition) is 2. The Morgan fingerprint density at radius 1 is 0.800 bits per heavy atom. The summed E-state index contributed by atoms with van der Waals surface area (Å²) in [5, 5.41) is 0. The van der Waals surface area contributed by atoms with Gasteiger partial charge in [-0.25, -0.2) is 9.59 Å². The minimum absolute atomic E-state index is 1.80. The van der Waals surface area contributed by atoms with Crippen molar-refractivity contribution in [3.05, 3.63) is 9.81 Å². The number of rotatable bonds is 2. The molecule has 0 saturated carbocycles. The van der Waals surface area contributed by atoms with Crippen molar-refractivity contribution in [2.24, 2.45) is 0 Å². The Balaban J connectivity index is 3.73. The van der Waals surface area contributed by atoms with Crippen molar-refractivity contribution < 1.29 is 40.3 Å². The van der Waals surface area contributed by atoms with Crippen LogP contribution in [0.5, 0.6) is 0 Å². The van der Waals surface area contributed by atoms with Crippen LogP contribution in [0.3, 0.4) is 0 Å². The van der Waals surface area contributed by atoms with E-state index in [9.17, 15) is 26.4 Å². The maximum Gasteiger partial charge on any atom is 0.361 e. The standard InChI is InChI=1S/C4H2O9S2/c5-3-1(14(7,8)9)2(4(6)13-3)15(10,11)12/h(H,7,8,9)(H,10,11,12). The van der Waals surface area contributed by atoms with Crippen LogP contribution >= 0.6 is 0 Å². The van der Waals surface area contributed by atoms with E-state index < -0.39 is 42.0 Å². The van der Waals surface area contributed by atoms with Gasteiger partial charge in [-0.05, 0) is 0 Å². The maximum absolute atomic E-state index is 10.7. The zero-order chi connectivity index (χ0) is 12.0. The first-order valence-electron chi connectivity index (χ1n) is 3.01. The summed E-state index contributed by atoms with van der Waals surface area (Å²) in [5.41, 5.74) is 0. The van der Waals surface area contributed by atoms with E-state index in [-0.39, 0.29) is 0 Å². The maximum atomic E-state index is 10.7. The van der Waals surface area contributed by atoms with Gasteiger partial charge in [0.25, 0.3) is 0 Å². The largest absolute Gasteiger partial charge is 0.384 e. The summed E-state index contributed by atoms with van der Waals surface area (Å²) in [6.45, 7) is 0. The second-order valence-electron chi connectivity index (χ2n) is 2.29. The molecular formula is C4H2O9S2. The molecule has 15 heavy (non-hydrogen) atoms. The van der Waals surface area contributed by atoms with Gasteiger partial charge in [-0.15, -0.1) is 0 Å². The molecule has 84 valence electrons. The molecule has 1 aliphatic heterocycles. The van der Waals surface area contributed by atoms with Crippen LogP contribution in [0.1, 0.15) is 0 Å². The molecule has 0 atom stereocenters. The van der Waals surface area contributed by atoms with Gasteiger partial charge in [0.1, 0.15) is 0 Å². The van der Waals surface area contributed by atoms with Gasteiger partial charge < -0.3 is 4.74 Å². The summed E-state index contributed by atoms with van der Waals surface area (Å²) in [4.78, 5) is 17.8. The predicted octanol–water partition coefficient (Wildman–Crippen LogP) is -1.94. The fourth-order valence-electron chi connectivity index (χ4n) is 0.807. The quantitative estimate of drug-likeness (QED) is 0.327. The number of esters is 2. The number of carbonyl (C=O) groups is 2. The summed E-state index contributed by atoms with van der Waals surface area (Å²) in [7, 11) is -10.5.